The Balaban J connectivity index is 2.46. The average molecular weight is 543 g/mol. The molecule has 0 fully saturated rings. The lowest BCUT2D eigenvalue weighted by molar-refractivity contribution is 0.280. The Morgan fingerprint density at radius 1 is 0.632 bits per heavy atom. The second kappa shape index (κ2) is 10.3. The van der Waals surface area contributed by atoms with Crippen LogP contribution in [-0.2, 0) is 32.6 Å². The van der Waals surface area contributed by atoms with Crippen molar-refractivity contribution in [2.24, 2.45) is 0 Å². The first-order chi connectivity index (χ1) is 17.3. The second-order valence-electron chi connectivity index (χ2n) is 13.8. The SMILES string of the molecule is CCC(C)(C)c1cc2c(c(C(C)(C)CC)c1)OP(=O)(O)Oc1c(cc(C(C)(C)CC)cc1C(C)(C)CC)C2. The van der Waals surface area contributed by atoms with E-state index < -0.39 is 7.82 Å². The Labute approximate surface area is 232 Å². The highest BCUT2D eigenvalue weighted by Gasteiger charge is 2.39. The molecule has 4 nitrogen and oxygen atoms in total. The van der Waals surface area contributed by atoms with Gasteiger partial charge in [0, 0.05) is 17.5 Å². The first kappa shape index (κ1) is 30.8. The molecule has 0 amide bonds. The summed E-state index contributed by atoms with van der Waals surface area (Å²) in [6, 6.07) is 8.78. The molecule has 1 aliphatic rings. The average Bonchev–Trinajstić information content (AvgIpc) is 2.83. The fraction of sp³-hybridized carbons (Fsp3) is 0.636. The largest absolute Gasteiger partial charge is 0.584 e. The van der Waals surface area contributed by atoms with Crippen LogP contribution in [0.15, 0.2) is 24.3 Å². The smallest absolute Gasteiger partial charge is 0.395 e. The van der Waals surface area contributed by atoms with Gasteiger partial charge in [-0.05, 0) is 69.6 Å². The van der Waals surface area contributed by atoms with Crippen LogP contribution in [0.4, 0.5) is 0 Å². The summed E-state index contributed by atoms with van der Waals surface area (Å²) in [4.78, 5) is 11.2. The van der Waals surface area contributed by atoms with E-state index >= 15 is 0 Å². The van der Waals surface area contributed by atoms with Gasteiger partial charge in [-0.15, -0.1) is 0 Å². The van der Waals surface area contributed by atoms with Crippen molar-refractivity contribution in [3.63, 3.8) is 0 Å². The molecule has 1 heterocycles. The molecule has 0 radical (unpaired) electrons. The van der Waals surface area contributed by atoms with Crippen LogP contribution in [-0.4, -0.2) is 4.89 Å². The van der Waals surface area contributed by atoms with Crippen molar-refractivity contribution in [1.82, 2.24) is 0 Å². The standard InChI is InChI=1S/C33H51O4P/c1-13-30(5,6)24-18-22-17-23-19-25(31(7,8)14-2)21-27(33(11,12)16-4)29(23)37-38(34,35)36-28(22)26(20-24)32(9,10)15-3/h18-21H,13-17H2,1-12H3,(H,34,35). The van der Waals surface area contributed by atoms with E-state index in [2.05, 4.69) is 107 Å². The van der Waals surface area contributed by atoms with E-state index in [-0.39, 0.29) is 21.7 Å². The molecule has 0 spiro atoms. The van der Waals surface area contributed by atoms with E-state index in [1.54, 1.807) is 0 Å². The monoisotopic (exact) mass is 542 g/mol. The Bertz CT molecular complexity index is 1140. The maximum atomic E-state index is 13.7. The van der Waals surface area contributed by atoms with Crippen LogP contribution >= 0.6 is 7.82 Å². The minimum absolute atomic E-state index is 0.0420. The van der Waals surface area contributed by atoms with Gasteiger partial charge < -0.3 is 9.05 Å². The molecular weight excluding hydrogens is 491 g/mol. The van der Waals surface area contributed by atoms with Crippen LogP contribution in [0.25, 0.3) is 0 Å². The van der Waals surface area contributed by atoms with Gasteiger partial charge in [0.25, 0.3) is 0 Å². The van der Waals surface area contributed by atoms with Gasteiger partial charge in [-0.2, -0.15) is 0 Å². The van der Waals surface area contributed by atoms with Gasteiger partial charge in [0.1, 0.15) is 11.5 Å². The number of fused-ring (bicyclic) bond motifs is 2. The van der Waals surface area contributed by atoms with Crippen molar-refractivity contribution in [2.45, 2.75) is 137 Å². The van der Waals surface area contributed by atoms with Gasteiger partial charge in [0.05, 0.1) is 0 Å². The minimum Gasteiger partial charge on any atom is -0.395 e. The maximum absolute atomic E-state index is 13.7. The molecule has 0 unspecified atom stereocenters. The third kappa shape index (κ3) is 5.87. The molecule has 212 valence electrons. The first-order valence-corrected chi connectivity index (χ1v) is 15.9. The maximum Gasteiger partial charge on any atom is 0.584 e. The highest BCUT2D eigenvalue weighted by atomic mass is 31.2. The summed E-state index contributed by atoms with van der Waals surface area (Å²) in [5.41, 5.74) is 5.73. The minimum atomic E-state index is -4.46. The zero-order valence-corrected chi connectivity index (χ0v) is 26.9. The summed E-state index contributed by atoms with van der Waals surface area (Å²) in [5.74, 6) is 1.00. The normalized spacial score (nSPS) is 16.0. The number of hydrogen-bond acceptors (Lipinski definition) is 3. The molecule has 0 aliphatic carbocycles. The van der Waals surface area contributed by atoms with Crippen LogP contribution in [0.3, 0.4) is 0 Å². The van der Waals surface area contributed by atoms with Gasteiger partial charge in [-0.25, -0.2) is 4.57 Å². The lowest BCUT2D eigenvalue weighted by Gasteiger charge is -2.35. The van der Waals surface area contributed by atoms with Crippen molar-refractivity contribution in [2.75, 3.05) is 0 Å². The van der Waals surface area contributed by atoms with Crippen molar-refractivity contribution >= 4 is 7.82 Å². The number of phosphoric acid groups is 1. The van der Waals surface area contributed by atoms with E-state index in [1.807, 2.05) is 0 Å². The number of phosphoric ester groups is 1. The highest BCUT2D eigenvalue weighted by Crippen LogP contribution is 2.55. The molecule has 0 atom stereocenters. The van der Waals surface area contributed by atoms with E-state index in [1.165, 1.54) is 11.1 Å². The predicted molar refractivity (Wildman–Crippen MR) is 160 cm³/mol. The topological polar surface area (TPSA) is 55.8 Å². The van der Waals surface area contributed by atoms with E-state index in [0.29, 0.717) is 17.9 Å². The lowest BCUT2D eigenvalue weighted by atomic mass is 9.73. The van der Waals surface area contributed by atoms with Gasteiger partial charge >= 0.3 is 7.82 Å². The molecule has 2 aromatic carbocycles. The fourth-order valence-corrected chi connectivity index (χ4v) is 5.82. The van der Waals surface area contributed by atoms with E-state index in [9.17, 15) is 9.46 Å². The first-order valence-electron chi connectivity index (χ1n) is 14.4. The van der Waals surface area contributed by atoms with Crippen molar-refractivity contribution in [3.8, 4) is 11.5 Å². The summed E-state index contributed by atoms with van der Waals surface area (Å²) in [5, 5.41) is 0. The number of hydrogen-bond donors (Lipinski definition) is 1. The third-order valence-corrected chi connectivity index (χ3v) is 10.5. The van der Waals surface area contributed by atoms with Crippen LogP contribution in [0, 0.1) is 0 Å². The van der Waals surface area contributed by atoms with Crippen molar-refractivity contribution in [3.05, 3.63) is 57.6 Å². The van der Waals surface area contributed by atoms with Gasteiger partial charge in [0.15, 0.2) is 0 Å². The molecule has 0 bridgehead atoms. The highest BCUT2D eigenvalue weighted by molar-refractivity contribution is 7.48. The molecular formula is C33H51O4P. The summed E-state index contributed by atoms with van der Waals surface area (Å²) >= 11 is 0. The Kier molecular flexibility index (Phi) is 8.36. The van der Waals surface area contributed by atoms with Gasteiger partial charge in [0.2, 0.25) is 0 Å². The van der Waals surface area contributed by atoms with Crippen LogP contribution < -0.4 is 9.05 Å². The molecule has 1 N–H and O–H groups in total. The zero-order chi connectivity index (χ0) is 28.9. The molecule has 0 saturated heterocycles. The van der Waals surface area contributed by atoms with Crippen LogP contribution in [0.2, 0.25) is 0 Å². The van der Waals surface area contributed by atoms with E-state index in [4.69, 9.17) is 9.05 Å². The summed E-state index contributed by atoms with van der Waals surface area (Å²) in [7, 11) is -4.46. The van der Waals surface area contributed by atoms with E-state index in [0.717, 1.165) is 47.9 Å². The van der Waals surface area contributed by atoms with Gasteiger partial charge in [-0.1, -0.05) is 107 Å². The Morgan fingerprint density at radius 3 is 1.24 bits per heavy atom. The second-order valence-corrected chi connectivity index (χ2v) is 15.1. The summed E-state index contributed by atoms with van der Waals surface area (Å²) in [6.07, 6.45) is 4.29. The Hall–Kier alpha value is -1.77. The molecule has 5 heteroatoms. The summed E-state index contributed by atoms with van der Waals surface area (Å²) < 4.78 is 25.7. The number of benzene rings is 2. The zero-order valence-electron chi connectivity index (χ0n) is 26.0. The van der Waals surface area contributed by atoms with Crippen molar-refractivity contribution < 1.29 is 18.5 Å². The summed E-state index contributed by atoms with van der Waals surface area (Å²) in [6.45, 7) is 26.5. The molecule has 3 rings (SSSR count). The molecule has 0 saturated carbocycles. The fourth-order valence-electron chi connectivity index (χ4n) is 4.89. The number of rotatable bonds is 8. The quantitative estimate of drug-likeness (QED) is 0.337. The molecule has 38 heavy (non-hydrogen) atoms. The van der Waals surface area contributed by atoms with Crippen LogP contribution in [0.5, 0.6) is 11.5 Å². The molecule has 0 aromatic heterocycles. The van der Waals surface area contributed by atoms with Crippen LogP contribution in [0.1, 0.15) is 142 Å². The predicted octanol–water partition coefficient (Wildman–Crippen LogP) is 9.90. The van der Waals surface area contributed by atoms with Crippen molar-refractivity contribution in [1.29, 1.82) is 0 Å². The molecule has 2 aromatic rings. The molecule has 1 aliphatic heterocycles. The van der Waals surface area contributed by atoms with Gasteiger partial charge in [-0.3, -0.25) is 4.89 Å². The lowest BCUT2D eigenvalue weighted by Crippen LogP contribution is -2.25. The Morgan fingerprint density at radius 2 is 0.947 bits per heavy atom. The third-order valence-electron chi connectivity index (χ3n) is 9.68.